The molecule has 0 unspecified atom stereocenters. The van der Waals surface area contributed by atoms with E-state index in [1.54, 1.807) is 0 Å². The smallest absolute Gasteiger partial charge is 0.0509 e. The van der Waals surface area contributed by atoms with E-state index >= 15 is 0 Å². The number of benzene rings is 4. The van der Waals surface area contributed by atoms with Crippen LogP contribution in [0.2, 0.25) is 0 Å². The van der Waals surface area contributed by atoms with Gasteiger partial charge in [-0.3, -0.25) is 0 Å². The van der Waals surface area contributed by atoms with Crippen LogP contribution in [0.15, 0.2) is 84.9 Å². The number of hydrogen-bond donors (Lipinski definition) is 1. The summed E-state index contributed by atoms with van der Waals surface area (Å²) in [6.07, 6.45) is 0. The fourth-order valence-electron chi connectivity index (χ4n) is 5.57. The summed E-state index contributed by atoms with van der Waals surface area (Å²) in [7, 11) is 0. The van der Waals surface area contributed by atoms with E-state index in [-0.39, 0.29) is 5.41 Å². The van der Waals surface area contributed by atoms with E-state index in [0.717, 1.165) is 0 Å². The first-order valence-corrected chi connectivity index (χ1v) is 11.4. The van der Waals surface area contributed by atoms with Gasteiger partial charge < -0.3 is 4.98 Å². The molecule has 0 saturated carbocycles. The van der Waals surface area contributed by atoms with Crippen LogP contribution < -0.4 is 0 Å². The van der Waals surface area contributed by atoms with Crippen LogP contribution in [-0.4, -0.2) is 4.98 Å². The predicted octanol–water partition coefficient (Wildman–Crippen LogP) is 8.43. The summed E-state index contributed by atoms with van der Waals surface area (Å²) < 4.78 is 0. The van der Waals surface area contributed by atoms with Gasteiger partial charge in [0.15, 0.2) is 0 Å². The molecule has 1 heteroatoms. The first-order valence-electron chi connectivity index (χ1n) is 11.4. The minimum absolute atomic E-state index is 0.0115. The highest BCUT2D eigenvalue weighted by Crippen LogP contribution is 2.51. The molecule has 0 amide bonds. The zero-order valence-electron chi connectivity index (χ0n) is 19.1. The molecule has 0 saturated heterocycles. The second-order valence-electron chi connectivity index (χ2n) is 9.65. The van der Waals surface area contributed by atoms with Crippen molar-refractivity contribution < 1.29 is 0 Å². The fourth-order valence-corrected chi connectivity index (χ4v) is 5.57. The van der Waals surface area contributed by atoms with Crippen LogP contribution in [0.4, 0.5) is 0 Å². The molecule has 1 heterocycles. The van der Waals surface area contributed by atoms with Crippen molar-refractivity contribution >= 4 is 10.9 Å². The Morgan fingerprint density at radius 1 is 0.625 bits per heavy atom. The van der Waals surface area contributed by atoms with Gasteiger partial charge in [-0.25, -0.2) is 0 Å². The molecule has 4 aromatic carbocycles. The molecule has 0 bridgehead atoms. The number of aryl methyl sites for hydroxylation is 2. The second kappa shape index (κ2) is 6.71. The molecule has 0 fully saturated rings. The van der Waals surface area contributed by atoms with Crippen molar-refractivity contribution in [2.45, 2.75) is 33.1 Å². The monoisotopic (exact) mass is 413 g/mol. The van der Waals surface area contributed by atoms with Gasteiger partial charge in [0, 0.05) is 21.9 Å². The van der Waals surface area contributed by atoms with Gasteiger partial charge in [-0.15, -0.1) is 0 Å². The van der Waals surface area contributed by atoms with E-state index in [0.29, 0.717) is 0 Å². The average Bonchev–Trinajstić information content (AvgIpc) is 3.29. The third-order valence-corrected chi connectivity index (χ3v) is 7.30. The van der Waals surface area contributed by atoms with E-state index in [9.17, 15) is 0 Å². The Kier molecular flexibility index (Phi) is 4.01. The Morgan fingerprint density at radius 2 is 1.28 bits per heavy atom. The van der Waals surface area contributed by atoms with Gasteiger partial charge in [0.2, 0.25) is 0 Å². The predicted molar refractivity (Wildman–Crippen MR) is 136 cm³/mol. The number of rotatable bonds is 2. The van der Waals surface area contributed by atoms with Crippen LogP contribution in [0.25, 0.3) is 44.4 Å². The van der Waals surface area contributed by atoms with Crippen molar-refractivity contribution in [1.29, 1.82) is 0 Å². The highest BCUT2D eigenvalue weighted by molar-refractivity contribution is 5.98. The highest BCUT2D eigenvalue weighted by atomic mass is 14.7. The maximum atomic E-state index is 3.72. The number of H-pyrrole nitrogens is 1. The Labute approximate surface area is 189 Å². The van der Waals surface area contributed by atoms with Crippen LogP contribution in [-0.2, 0) is 5.41 Å². The first-order chi connectivity index (χ1) is 15.4. The molecular weight excluding hydrogens is 386 g/mol. The van der Waals surface area contributed by atoms with Crippen molar-refractivity contribution in [2.24, 2.45) is 0 Å². The summed E-state index contributed by atoms with van der Waals surface area (Å²) in [5.41, 5.74) is 14.4. The number of aromatic nitrogens is 1. The van der Waals surface area contributed by atoms with Crippen LogP contribution in [0, 0.1) is 13.8 Å². The van der Waals surface area contributed by atoms with E-state index < -0.39 is 0 Å². The van der Waals surface area contributed by atoms with Crippen LogP contribution >= 0.6 is 0 Å². The van der Waals surface area contributed by atoms with Crippen LogP contribution in [0.5, 0.6) is 0 Å². The zero-order chi connectivity index (χ0) is 22.0. The van der Waals surface area contributed by atoms with Crippen molar-refractivity contribution in [3.05, 3.63) is 107 Å². The van der Waals surface area contributed by atoms with Gasteiger partial charge in [0.1, 0.15) is 0 Å². The van der Waals surface area contributed by atoms with E-state index in [4.69, 9.17) is 0 Å². The Bertz CT molecular complexity index is 1510. The molecule has 1 aliphatic rings. The van der Waals surface area contributed by atoms with Crippen molar-refractivity contribution in [2.75, 3.05) is 0 Å². The molecule has 6 rings (SSSR count). The van der Waals surface area contributed by atoms with Gasteiger partial charge in [-0.2, -0.15) is 0 Å². The Morgan fingerprint density at radius 3 is 2.09 bits per heavy atom. The summed E-state index contributed by atoms with van der Waals surface area (Å²) in [5.74, 6) is 0. The zero-order valence-corrected chi connectivity index (χ0v) is 19.1. The standard InChI is InChI=1S/C31H27N/c1-19-9-5-6-10-23(19)25-17-21(14-13-20(25)2)22-15-16-28-26(18-22)29-30(32-28)24-11-7-8-12-27(24)31(29,3)4/h5-18,32H,1-4H3. The summed E-state index contributed by atoms with van der Waals surface area (Å²) in [5, 5.41) is 1.33. The molecule has 0 aliphatic heterocycles. The molecule has 1 aromatic heterocycles. The summed E-state index contributed by atoms with van der Waals surface area (Å²) >= 11 is 0. The van der Waals surface area contributed by atoms with Crippen molar-refractivity contribution in [3.63, 3.8) is 0 Å². The SMILES string of the molecule is Cc1ccccc1-c1cc(-c2ccc3[nH]c4c(c3c2)C(C)(C)c2ccccc2-4)ccc1C. The van der Waals surface area contributed by atoms with Crippen LogP contribution in [0.3, 0.4) is 0 Å². The molecule has 1 nitrogen and oxygen atoms in total. The fraction of sp³-hybridized carbons (Fsp3) is 0.161. The lowest BCUT2D eigenvalue weighted by molar-refractivity contribution is 0.666. The van der Waals surface area contributed by atoms with Gasteiger partial charge >= 0.3 is 0 Å². The highest BCUT2D eigenvalue weighted by Gasteiger charge is 2.38. The average molecular weight is 414 g/mol. The first kappa shape index (κ1) is 19.1. The molecule has 1 aliphatic carbocycles. The van der Waals surface area contributed by atoms with E-state index in [1.807, 2.05) is 0 Å². The third kappa shape index (κ3) is 2.64. The molecule has 1 N–H and O–H groups in total. The maximum absolute atomic E-state index is 3.72. The quantitative estimate of drug-likeness (QED) is 0.299. The Balaban J connectivity index is 1.54. The molecule has 32 heavy (non-hydrogen) atoms. The summed E-state index contributed by atoms with van der Waals surface area (Å²) in [6, 6.07) is 31.2. The molecular formula is C31H27N. The van der Waals surface area contributed by atoms with Crippen molar-refractivity contribution in [3.8, 4) is 33.5 Å². The van der Waals surface area contributed by atoms with Crippen molar-refractivity contribution in [1.82, 2.24) is 4.98 Å². The molecule has 156 valence electrons. The lowest BCUT2D eigenvalue weighted by atomic mass is 9.81. The largest absolute Gasteiger partial charge is 0.354 e. The number of hydrogen-bond acceptors (Lipinski definition) is 0. The number of nitrogens with one attached hydrogen (secondary N) is 1. The second-order valence-corrected chi connectivity index (χ2v) is 9.65. The normalized spacial score (nSPS) is 13.9. The van der Waals surface area contributed by atoms with E-state index in [1.165, 1.54) is 66.7 Å². The topological polar surface area (TPSA) is 15.8 Å². The minimum atomic E-state index is -0.0115. The molecule has 5 aromatic rings. The number of aromatic amines is 1. The van der Waals surface area contributed by atoms with Gasteiger partial charge in [-0.05, 0) is 76.6 Å². The minimum Gasteiger partial charge on any atom is -0.354 e. The van der Waals surface area contributed by atoms with Gasteiger partial charge in [0.05, 0.1) is 5.69 Å². The Hall–Kier alpha value is -3.58. The summed E-state index contributed by atoms with van der Waals surface area (Å²) in [4.78, 5) is 3.72. The maximum Gasteiger partial charge on any atom is 0.0509 e. The number of fused-ring (bicyclic) bond motifs is 5. The lowest BCUT2D eigenvalue weighted by Crippen LogP contribution is -2.14. The molecule has 0 spiro atoms. The molecule has 0 atom stereocenters. The lowest BCUT2D eigenvalue weighted by Gasteiger charge is -2.21. The van der Waals surface area contributed by atoms with Gasteiger partial charge in [0.25, 0.3) is 0 Å². The third-order valence-electron chi connectivity index (χ3n) is 7.30. The molecule has 0 radical (unpaired) electrons. The van der Waals surface area contributed by atoms with Gasteiger partial charge in [-0.1, -0.05) is 80.6 Å². The van der Waals surface area contributed by atoms with Crippen LogP contribution in [0.1, 0.15) is 36.1 Å². The van der Waals surface area contributed by atoms with E-state index in [2.05, 4.69) is 118 Å². The summed E-state index contributed by atoms with van der Waals surface area (Å²) in [6.45, 7) is 9.09.